The van der Waals surface area contributed by atoms with Gasteiger partial charge in [-0.1, -0.05) is 18.2 Å². The maximum Gasteiger partial charge on any atom is 0.276 e. The molecule has 2 amide bonds. The van der Waals surface area contributed by atoms with E-state index in [1.54, 1.807) is 60.8 Å². The summed E-state index contributed by atoms with van der Waals surface area (Å²) in [6.45, 7) is 0. The van der Waals surface area contributed by atoms with Gasteiger partial charge in [0.25, 0.3) is 11.8 Å². The maximum absolute atomic E-state index is 13.9. The van der Waals surface area contributed by atoms with Gasteiger partial charge in [0.1, 0.15) is 17.3 Å². The quantitative estimate of drug-likeness (QED) is 0.435. The molecule has 2 aromatic carbocycles. The number of amides is 2. The van der Waals surface area contributed by atoms with Crippen LogP contribution >= 0.6 is 15.9 Å². The second-order valence-electron chi connectivity index (χ2n) is 6.45. The van der Waals surface area contributed by atoms with E-state index in [1.165, 1.54) is 23.0 Å². The summed E-state index contributed by atoms with van der Waals surface area (Å²) in [4.78, 5) is 29.1. The van der Waals surface area contributed by atoms with E-state index in [0.717, 1.165) is 4.47 Å². The number of para-hydroxylation sites is 1. The van der Waals surface area contributed by atoms with Gasteiger partial charge in [0, 0.05) is 28.1 Å². The number of halogens is 2. The number of carbonyl (C=O) groups is 2. The van der Waals surface area contributed by atoms with E-state index in [9.17, 15) is 14.0 Å². The molecule has 0 saturated carbocycles. The molecule has 0 aliphatic heterocycles. The summed E-state index contributed by atoms with van der Waals surface area (Å²) < 4.78 is 16.0. The molecule has 0 aliphatic carbocycles. The van der Waals surface area contributed by atoms with E-state index in [2.05, 4.69) is 36.6 Å². The van der Waals surface area contributed by atoms with Crippen molar-refractivity contribution >= 4 is 39.2 Å². The zero-order valence-electron chi connectivity index (χ0n) is 15.9. The summed E-state index contributed by atoms with van der Waals surface area (Å²) in [5, 5.41) is 9.51. The average Bonchev–Trinajstić information content (AvgIpc) is 3.26. The molecule has 0 radical (unpaired) electrons. The highest BCUT2D eigenvalue weighted by Crippen LogP contribution is 2.16. The molecule has 31 heavy (non-hydrogen) atoms. The van der Waals surface area contributed by atoms with Crippen LogP contribution < -0.4 is 10.6 Å². The second kappa shape index (κ2) is 8.88. The zero-order valence-corrected chi connectivity index (χ0v) is 17.5. The number of nitrogens with one attached hydrogen (secondary N) is 2. The molecule has 9 heteroatoms. The molecule has 0 fully saturated rings. The highest BCUT2D eigenvalue weighted by atomic mass is 79.9. The summed E-state index contributed by atoms with van der Waals surface area (Å²) in [5.74, 6) is -0.894. The van der Waals surface area contributed by atoms with Gasteiger partial charge in [-0.05, 0) is 64.5 Å². The summed E-state index contributed by atoms with van der Waals surface area (Å²) >= 11 is 3.29. The SMILES string of the molecule is O=C(Nc1ccc(Br)cn1)c1cccc(NC(=O)c2ccn(-c3ccccc3F)n2)c1. The van der Waals surface area contributed by atoms with Gasteiger partial charge >= 0.3 is 0 Å². The lowest BCUT2D eigenvalue weighted by molar-refractivity contribution is 0.101. The average molecular weight is 480 g/mol. The van der Waals surface area contributed by atoms with Crippen LogP contribution in [0.25, 0.3) is 5.69 Å². The Hall–Kier alpha value is -3.85. The van der Waals surface area contributed by atoms with Gasteiger partial charge in [0.05, 0.1) is 0 Å². The first-order valence-corrected chi connectivity index (χ1v) is 9.94. The molecule has 4 rings (SSSR count). The van der Waals surface area contributed by atoms with Crippen molar-refractivity contribution in [1.82, 2.24) is 14.8 Å². The molecule has 0 bridgehead atoms. The molecule has 7 nitrogen and oxygen atoms in total. The third-order valence-corrected chi connectivity index (χ3v) is 4.74. The van der Waals surface area contributed by atoms with E-state index in [-0.39, 0.29) is 17.3 Å². The molecule has 0 spiro atoms. The number of anilines is 2. The molecule has 0 aliphatic rings. The van der Waals surface area contributed by atoms with E-state index in [4.69, 9.17) is 0 Å². The topological polar surface area (TPSA) is 88.9 Å². The molecule has 0 atom stereocenters. The van der Waals surface area contributed by atoms with Gasteiger partial charge in [-0.2, -0.15) is 5.10 Å². The predicted molar refractivity (Wildman–Crippen MR) is 118 cm³/mol. The van der Waals surface area contributed by atoms with Crippen LogP contribution in [0.3, 0.4) is 0 Å². The Morgan fingerprint density at radius 2 is 1.77 bits per heavy atom. The predicted octanol–water partition coefficient (Wildman–Crippen LogP) is 4.67. The fourth-order valence-electron chi connectivity index (χ4n) is 2.79. The lowest BCUT2D eigenvalue weighted by atomic mass is 10.2. The highest BCUT2D eigenvalue weighted by Gasteiger charge is 2.14. The van der Waals surface area contributed by atoms with Gasteiger partial charge in [-0.3, -0.25) is 9.59 Å². The fourth-order valence-corrected chi connectivity index (χ4v) is 3.02. The molecule has 2 heterocycles. The largest absolute Gasteiger partial charge is 0.321 e. The highest BCUT2D eigenvalue weighted by molar-refractivity contribution is 9.10. The van der Waals surface area contributed by atoms with Gasteiger partial charge in [-0.15, -0.1) is 0 Å². The number of rotatable bonds is 5. The molecular weight excluding hydrogens is 465 g/mol. The minimum atomic E-state index is -0.484. The van der Waals surface area contributed by atoms with Crippen molar-refractivity contribution in [1.29, 1.82) is 0 Å². The summed E-state index contributed by atoms with van der Waals surface area (Å²) in [5.41, 5.74) is 1.11. The Kier molecular flexibility index (Phi) is 5.85. The number of carbonyl (C=O) groups excluding carboxylic acids is 2. The summed E-state index contributed by atoms with van der Waals surface area (Å²) in [6.07, 6.45) is 3.08. The first-order chi connectivity index (χ1) is 15.0. The molecule has 154 valence electrons. The van der Waals surface area contributed by atoms with Crippen molar-refractivity contribution in [2.45, 2.75) is 0 Å². The second-order valence-corrected chi connectivity index (χ2v) is 7.36. The molecule has 0 unspecified atom stereocenters. The number of aromatic nitrogens is 3. The number of pyridine rings is 1. The van der Waals surface area contributed by atoms with Gasteiger partial charge < -0.3 is 10.6 Å². The Morgan fingerprint density at radius 3 is 2.55 bits per heavy atom. The van der Waals surface area contributed by atoms with Crippen LogP contribution in [0.15, 0.2) is 83.6 Å². The first kappa shape index (κ1) is 20.4. The maximum atomic E-state index is 13.9. The van der Waals surface area contributed by atoms with Crippen LogP contribution in [-0.4, -0.2) is 26.6 Å². The number of nitrogens with zero attached hydrogens (tertiary/aromatic N) is 3. The van der Waals surface area contributed by atoms with E-state index in [1.807, 2.05) is 0 Å². The number of hydrogen-bond donors (Lipinski definition) is 2. The minimum Gasteiger partial charge on any atom is -0.321 e. The van der Waals surface area contributed by atoms with Gasteiger partial charge in [0.15, 0.2) is 5.69 Å². The summed E-state index contributed by atoms with van der Waals surface area (Å²) in [6, 6.07) is 17.5. The van der Waals surface area contributed by atoms with Crippen LogP contribution in [0.1, 0.15) is 20.8 Å². The normalized spacial score (nSPS) is 10.5. The monoisotopic (exact) mass is 479 g/mol. The zero-order chi connectivity index (χ0) is 21.8. The third-order valence-electron chi connectivity index (χ3n) is 4.27. The van der Waals surface area contributed by atoms with Gasteiger partial charge in [0.2, 0.25) is 0 Å². The van der Waals surface area contributed by atoms with E-state index in [0.29, 0.717) is 17.1 Å². The third kappa shape index (κ3) is 4.84. The number of hydrogen-bond acceptors (Lipinski definition) is 4. The Bertz CT molecular complexity index is 1260. The lowest BCUT2D eigenvalue weighted by Crippen LogP contribution is -2.15. The van der Waals surface area contributed by atoms with Crippen LogP contribution in [-0.2, 0) is 0 Å². The lowest BCUT2D eigenvalue weighted by Gasteiger charge is -2.07. The molecule has 2 aromatic heterocycles. The molecule has 0 saturated heterocycles. The first-order valence-electron chi connectivity index (χ1n) is 9.14. The van der Waals surface area contributed by atoms with E-state index >= 15 is 0 Å². The van der Waals surface area contributed by atoms with Crippen molar-refractivity contribution in [3.8, 4) is 5.69 Å². The summed E-state index contributed by atoms with van der Waals surface area (Å²) in [7, 11) is 0. The van der Waals surface area contributed by atoms with Crippen LogP contribution in [0.2, 0.25) is 0 Å². The van der Waals surface area contributed by atoms with Crippen LogP contribution in [0.5, 0.6) is 0 Å². The molecule has 4 aromatic rings. The van der Waals surface area contributed by atoms with Gasteiger partial charge in [-0.25, -0.2) is 14.1 Å². The Morgan fingerprint density at radius 1 is 0.935 bits per heavy atom. The molecule has 2 N–H and O–H groups in total. The van der Waals surface area contributed by atoms with Crippen molar-refractivity contribution in [2.75, 3.05) is 10.6 Å². The van der Waals surface area contributed by atoms with Crippen LogP contribution in [0.4, 0.5) is 15.9 Å². The van der Waals surface area contributed by atoms with Crippen LogP contribution in [0, 0.1) is 5.82 Å². The number of benzene rings is 2. The Balaban J connectivity index is 1.46. The van der Waals surface area contributed by atoms with Crippen molar-refractivity contribution < 1.29 is 14.0 Å². The fraction of sp³-hybridized carbons (Fsp3) is 0. The smallest absolute Gasteiger partial charge is 0.276 e. The van der Waals surface area contributed by atoms with Crippen molar-refractivity contribution in [3.63, 3.8) is 0 Å². The minimum absolute atomic E-state index is 0.108. The van der Waals surface area contributed by atoms with E-state index < -0.39 is 11.7 Å². The Labute approximate surface area is 185 Å². The van der Waals surface area contributed by atoms with Crippen molar-refractivity contribution in [2.24, 2.45) is 0 Å². The molecular formula is C22H15BrFN5O2. The van der Waals surface area contributed by atoms with Crippen molar-refractivity contribution in [3.05, 3.63) is 101 Å². The standard InChI is InChI=1S/C22H15BrFN5O2/c23-15-8-9-20(25-13-15)27-21(30)14-4-3-5-16(12-14)26-22(31)18-10-11-29(28-18)19-7-2-1-6-17(19)24/h1-13H,(H,26,31)(H,25,27,30).